The zero-order valence-corrected chi connectivity index (χ0v) is 11.8. The van der Waals surface area contributed by atoms with E-state index in [-0.39, 0.29) is 0 Å². The van der Waals surface area contributed by atoms with Crippen LogP contribution < -0.4 is 5.32 Å². The van der Waals surface area contributed by atoms with Crippen molar-refractivity contribution >= 4 is 22.5 Å². The highest BCUT2D eigenvalue weighted by Gasteiger charge is 2.17. The summed E-state index contributed by atoms with van der Waals surface area (Å²) < 4.78 is 0. The van der Waals surface area contributed by atoms with Crippen LogP contribution in [0.25, 0.3) is 10.9 Å². The first-order valence-electron chi connectivity index (χ1n) is 6.38. The summed E-state index contributed by atoms with van der Waals surface area (Å²) in [4.78, 5) is 4.39. The topological polar surface area (TPSA) is 24.9 Å². The minimum Gasteiger partial charge on any atom is -0.316 e. The van der Waals surface area contributed by atoms with E-state index in [0.717, 1.165) is 17.0 Å². The van der Waals surface area contributed by atoms with Crippen molar-refractivity contribution in [3.63, 3.8) is 0 Å². The van der Waals surface area contributed by atoms with Crippen LogP contribution in [0.3, 0.4) is 0 Å². The van der Waals surface area contributed by atoms with Crippen LogP contribution in [-0.4, -0.2) is 18.1 Å². The second kappa shape index (κ2) is 5.68. The smallest absolute Gasteiger partial charge is 0.0719 e. The van der Waals surface area contributed by atoms with Crippen LogP contribution in [0, 0.1) is 0 Å². The average Bonchev–Trinajstić information content (AvgIpc) is 2.39. The lowest BCUT2D eigenvalue weighted by Crippen LogP contribution is -2.30. The number of nitrogens with zero attached hydrogens (tertiary/aromatic N) is 1. The van der Waals surface area contributed by atoms with Gasteiger partial charge in [0.05, 0.1) is 5.52 Å². The van der Waals surface area contributed by atoms with Gasteiger partial charge in [-0.25, -0.2) is 0 Å². The zero-order valence-electron chi connectivity index (χ0n) is 11.1. The fourth-order valence-corrected chi connectivity index (χ4v) is 2.73. The summed E-state index contributed by atoms with van der Waals surface area (Å²) in [7, 11) is 2.02. The first kappa shape index (κ1) is 13.3. The fraction of sp³-hybridized carbons (Fsp3) is 0.400. The van der Waals surface area contributed by atoms with Crippen molar-refractivity contribution in [2.75, 3.05) is 7.05 Å². The maximum absolute atomic E-state index is 6.02. The van der Waals surface area contributed by atoms with E-state index in [1.807, 2.05) is 25.4 Å². The number of fused-ring (bicyclic) bond motifs is 1. The summed E-state index contributed by atoms with van der Waals surface area (Å²) in [6.07, 6.45) is 2.97. The molecule has 1 N–H and O–H groups in total. The molecule has 96 valence electrons. The molecule has 3 heteroatoms. The third-order valence-electron chi connectivity index (χ3n) is 3.64. The molecule has 0 saturated heterocycles. The van der Waals surface area contributed by atoms with Crippen LogP contribution in [0.15, 0.2) is 30.5 Å². The van der Waals surface area contributed by atoms with Crippen LogP contribution in [0.5, 0.6) is 0 Å². The molecule has 1 aromatic carbocycles. The molecule has 0 amide bonds. The van der Waals surface area contributed by atoms with Gasteiger partial charge < -0.3 is 5.32 Å². The van der Waals surface area contributed by atoms with Gasteiger partial charge in [-0.05, 0) is 43.1 Å². The first-order chi connectivity index (χ1) is 8.67. The highest BCUT2D eigenvalue weighted by molar-refractivity contribution is 6.31. The number of hydrogen-bond donors (Lipinski definition) is 1. The molecule has 0 spiro atoms. The van der Waals surface area contributed by atoms with E-state index < -0.39 is 0 Å². The third kappa shape index (κ3) is 2.50. The van der Waals surface area contributed by atoms with Gasteiger partial charge in [0.25, 0.3) is 0 Å². The second-order valence-corrected chi connectivity index (χ2v) is 5.09. The quantitative estimate of drug-likeness (QED) is 0.901. The number of likely N-dealkylation sites (N-methyl/N-ethyl adjacent to an activating group) is 1. The monoisotopic (exact) mass is 262 g/mol. The minimum atomic E-state index is 0.451. The number of benzene rings is 1. The van der Waals surface area contributed by atoms with E-state index in [0.29, 0.717) is 12.0 Å². The summed E-state index contributed by atoms with van der Waals surface area (Å²) in [5.74, 6) is 0.451. The summed E-state index contributed by atoms with van der Waals surface area (Å²) in [5.41, 5.74) is 2.30. The van der Waals surface area contributed by atoms with Gasteiger partial charge in [0.1, 0.15) is 0 Å². The summed E-state index contributed by atoms with van der Waals surface area (Å²) in [6, 6.07) is 8.52. The van der Waals surface area contributed by atoms with E-state index >= 15 is 0 Å². The first-order valence-corrected chi connectivity index (χ1v) is 6.76. The summed E-state index contributed by atoms with van der Waals surface area (Å²) in [5, 5.41) is 5.31. The number of nitrogens with one attached hydrogen (secondary N) is 1. The Bertz CT molecular complexity index is 535. The Labute approximate surface area is 113 Å². The van der Waals surface area contributed by atoms with Crippen molar-refractivity contribution < 1.29 is 0 Å². The number of rotatable bonds is 4. The standard InChI is InChI=1S/C15H19ClN2/c1-4-14(17-3)10(2)12-7-8-18-15-9-11(16)5-6-13(12)15/h5-10,14,17H,4H2,1-3H3. The molecule has 0 aliphatic heterocycles. The van der Waals surface area contributed by atoms with Gasteiger partial charge in [-0.3, -0.25) is 4.98 Å². The molecule has 1 aromatic heterocycles. The van der Waals surface area contributed by atoms with Crippen molar-refractivity contribution in [1.82, 2.24) is 10.3 Å². The van der Waals surface area contributed by atoms with E-state index in [1.165, 1.54) is 10.9 Å². The van der Waals surface area contributed by atoms with Crippen molar-refractivity contribution in [2.45, 2.75) is 32.2 Å². The predicted molar refractivity (Wildman–Crippen MR) is 78.3 cm³/mol. The molecule has 18 heavy (non-hydrogen) atoms. The highest BCUT2D eigenvalue weighted by Crippen LogP contribution is 2.28. The normalized spacial score (nSPS) is 14.7. The Kier molecular flexibility index (Phi) is 4.20. The lowest BCUT2D eigenvalue weighted by Gasteiger charge is -2.23. The molecule has 2 rings (SSSR count). The summed E-state index contributed by atoms with van der Waals surface area (Å²) >= 11 is 6.02. The average molecular weight is 263 g/mol. The van der Waals surface area contributed by atoms with E-state index in [4.69, 9.17) is 11.6 Å². The van der Waals surface area contributed by atoms with Gasteiger partial charge in [-0.2, -0.15) is 0 Å². The third-order valence-corrected chi connectivity index (χ3v) is 3.88. The molecule has 1 heterocycles. The number of halogens is 1. The van der Waals surface area contributed by atoms with Gasteiger partial charge in [-0.1, -0.05) is 31.5 Å². The molecule has 0 radical (unpaired) electrons. The van der Waals surface area contributed by atoms with Gasteiger partial charge in [0, 0.05) is 22.6 Å². The molecule has 0 aliphatic carbocycles. The number of hydrogen-bond acceptors (Lipinski definition) is 2. The molecule has 0 bridgehead atoms. The Morgan fingerprint density at radius 1 is 1.33 bits per heavy atom. The van der Waals surface area contributed by atoms with Crippen molar-refractivity contribution in [3.05, 3.63) is 41.0 Å². The van der Waals surface area contributed by atoms with Crippen LogP contribution in [0.1, 0.15) is 31.7 Å². The fourth-order valence-electron chi connectivity index (χ4n) is 2.56. The maximum Gasteiger partial charge on any atom is 0.0719 e. The van der Waals surface area contributed by atoms with Crippen molar-refractivity contribution in [1.29, 1.82) is 0 Å². The molecule has 2 nitrogen and oxygen atoms in total. The van der Waals surface area contributed by atoms with Gasteiger partial charge in [0.2, 0.25) is 0 Å². The van der Waals surface area contributed by atoms with Crippen LogP contribution >= 0.6 is 11.6 Å². The van der Waals surface area contributed by atoms with Gasteiger partial charge in [0.15, 0.2) is 0 Å². The van der Waals surface area contributed by atoms with Gasteiger partial charge in [-0.15, -0.1) is 0 Å². The van der Waals surface area contributed by atoms with Crippen LogP contribution in [-0.2, 0) is 0 Å². The largest absolute Gasteiger partial charge is 0.316 e. The maximum atomic E-state index is 6.02. The molecule has 2 aromatic rings. The number of pyridine rings is 1. The van der Waals surface area contributed by atoms with E-state index in [1.54, 1.807) is 0 Å². The summed E-state index contributed by atoms with van der Waals surface area (Å²) in [6.45, 7) is 4.46. The van der Waals surface area contributed by atoms with E-state index in [2.05, 4.69) is 36.3 Å². The number of aromatic nitrogens is 1. The Morgan fingerprint density at radius 3 is 2.78 bits per heavy atom. The predicted octanol–water partition coefficient (Wildman–Crippen LogP) is 3.99. The molecule has 2 unspecified atom stereocenters. The van der Waals surface area contributed by atoms with Gasteiger partial charge >= 0.3 is 0 Å². The molecule has 0 saturated carbocycles. The van der Waals surface area contributed by atoms with Crippen LogP contribution in [0.4, 0.5) is 0 Å². The minimum absolute atomic E-state index is 0.451. The van der Waals surface area contributed by atoms with Crippen molar-refractivity contribution in [2.24, 2.45) is 0 Å². The van der Waals surface area contributed by atoms with E-state index in [9.17, 15) is 0 Å². The lowest BCUT2D eigenvalue weighted by atomic mass is 9.89. The van der Waals surface area contributed by atoms with Crippen LogP contribution in [0.2, 0.25) is 5.02 Å². The Hall–Kier alpha value is -1.12. The van der Waals surface area contributed by atoms with Crippen molar-refractivity contribution in [3.8, 4) is 0 Å². The Morgan fingerprint density at radius 2 is 2.11 bits per heavy atom. The molecule has 2 atom stereocenters. The highest BCUT2D eigenvalue weighted by atomic mass is 35.5. The molecular weight excluding hydrogens is 244 g/mol. The lowest BCUT2D eigenvalue weighted by molar-refractivity contribution is 0.474. The molecule has 0 aliphatic rings. The SMILES string of the molecule is CCC(NC)C(C)c1ccnc2cc(Cl)ccc12. The molecule has 0 fully saturated rings. The Balaban J connectivity index is 2.50. The zero-order chi connectivity index (χ0) is 13.1. The second-order valence-electron chi connectivity index (χ2n) is 4.65. The molecular formula is C15H19ClN2.